The minimum atomic E-state index is -0.155. The van der Waals surface area contributed by atoms with Gasteiger partial charge in [-0.2, -0.15) is 4.98 Å². The number of aliphatic hydroxyl groups is 1. The fourth-order valence-electron chi connectivity index (χ4n) is 6.30. The third-order valence-corrected chi connectivity index (χ3v) is 8.21. The van der Waals surface area contributed by atoms with Gasteiger partial charge in [0.05, 0.1) is 6.10 Å². The van der Waals surface area contributed by atoms with Gasteiger partial charge in [-0.15, -0.1) is 0 Å². The number of anilines is 3. The Morgan fingerprint density at radius 2 is 1.60 bits per heavy atom. The second kappa shape index (κ2) is 11.2. The summed E-state index contributed by atoms with van der Waals surface area (Å²) in [6.07, 6.45) is 13.6. The number of hydrogen-bond donors (Lipinski definition) is 3. The average molecular weight is 479 g/mol. The molecule has 3 N–H and O–H groups in total. The van der Waals surface area contributed by atoms with Crippen molar-refractivity contribution in [1.82, 2.24) is 19.9 Å². The van der Waals surface area contributed by atoms with Crippen LogP contribution in [0.2, 0.25) is 0 Å². The maximum absolute atomic E-state index is 9.96. The highest BCUT2D eigenvalue weighted by molar-refractivity contribution is 5.57. The van der Waals surface area contributed by atoms with E-state index < -0.39 is 0 Å². The van der Waals surface area contributed by atoms with Crippen LogP contribution in [0.4, 0.5) is 17.5 Å². The molecule has 190 valence electrons. The van der Waals surface area contributed by atoms with Gasteiger partial charge in [0, 0.05) is 41.4 Å². The highest BCUT2D eigenvalue weighted by Gasteiger charge is 2.28. The smallest absolute Gasteiger partial charge is 0.229 e. The van der Waals surface area contributed by atoms with Crippen LogP contribution in [0.3, 0.4) is 0 Å². The molecule has 2 aromatic rings. The molecule has 0 aromatic carbocycles. The third kappa shape index (κ3) is 6.50. The van der Waals surface area contributed by atoms with Gasteiger partial charge in [-0.3, -0.25) is 4.98 Å². The fraction of sp³-hybridized carbons (Fsp3) is 0.679. The van der Waals surface area contributed by atoms with E-state index in [-0.39, 0.29) is 6.10 Å². The Morgan fingerprint density at radius 3 is 2.29 bits per heavy atom. The molecule has 3 aliphatic rings. The minimum absolute atomic E-state index is 0.155. The molecule has 0 radical (unpaired) electrons. The van der Waals surface area contributed by atoms with Crippen LogP contribution in [0.5, 0.6) is 0 Å². The first-order valence-electron chi connectivity index (χ1n) is 13.8. The van der Waals surface area contributed by atoms with Gasteiger partial charge in [0.2, 0.25) is 5.95 Å². The third-order valence-electron chi connectivity index (χ3n) is 8.21. The van der Waals surface area contributed by atoms with Gasteiger partial charge in [0.25, 0.3) is 0 Å². The lowest BCUT2D eigenvalue weighted by Crippen LogP contribution is -2.36. The minimum Gasteiger partial charge on any atom is -0.393 e. The van der Waals surface area contributed by atoms with E-state index in [4.69, 9.17) is 9.97 Å². The van der Waals surface area contributed by atoms with Crippen molar-refractivity contribution < 1.29 is 5.11 Å². The molecule has 35 heavy (non-hydrogen) atoms. The van der Waals surface area contributed by atoms with E-state index in [2.05, 4.69) is 20.5 Å². The molecule has 0 bridgehead atoms. The Morgan fingerprint density at radius 1 is 0.914 bits per heavy atom. The molecule has 7 heteroatoms. The van der Waals surface area contributed by atoms with Crippen molar-refractivity contribution in [2.24, 2.45) is 5.92 Å². The number of aliphatic hydroxyl groups excluding tert-OH is 1. The van der Waals surface area contributed by atoms with Gasteiger partial charge in [-0.05, 0) is 102 Å². The lowest BCUT2D eigenvalue weighted by atomic mass is 9.89. The zero-order valence-electron chi connectivity index (χ0n) is 21.5. The number of aryl methyl sites for hydroxylation is 2. The summed E-state index contributed by atoms with van der Waals surface area (Å²) in [6, 6.07) is 4.41. The fourth-order valence-corrected chi connectivity index (χ4v) is 6.30. The first-order chi connectivity index (χ1) is 17.0. The maximum Gasteiger partial charge on any atom is 0.229 e. The highest BCUT2D eigenvalue weighted by atomic mass is 16.3. The number of nitrogens with one attached hydrogen (secondary N) is 2. The summed E-state index contributed by atoms with van der Waals surface area (Å²) in [5, 5.41) is 17.1. The molecule has 3 heterocycles. The molecule has 3 fully saturated rings. The van der Waals surface area contributed by atoms with Crippen molar-refractivity contribution in [1.29, 1.82) is 0 Å². The summed E-state index contributed by atoms with van der Waals surface area (Å²) in [4.78, 5) is 16.9. The van der Waals surface area contributed by atoms with Crippen LogP contribution in [0, 0.1) is 19.8 Å². The number of aromatic nitrogens is 3. The lowest BCUT2D eigenvalue weighted by molar-refractivity contribution is 0.126. The van der Waals surface area contributed by atoms with E-state index in [1.54, 1.807) is 0 Å². The van der Waals surface area contributed by atoms with Crippen LogP contribution < -0.4 is 10.6 Å². The second-order valence-electron chi connectivity index (χ2n) is 11.1. The predicted molar refractivity (Wildman–Crippen MR) is 141 cm³/mol. The summed E-state index contributed by atoms with van der Waals surface area (Å²) < 4.78 is 0. The molecule has 0 atom stereocenters. The van der Waals surface area contributed by atoms with Crippen LogP contribution in [0.15, 0.2) is 18.3 Å². The Labute approximate surface area is 210 Å². The number of likely N-dealkylation sites (tertiary alicyclic amines) is 1. The molecular weight excluding hydrogens is 436 g/mol. The number of pyridine rings is 1. The largest absolute Gasteiger partial charge is 0.393 e. The van der Waals surface area contributed by atoms with E-state index in [0.29, 0.717) is 17.9 Å². The first-order valence-corrected chi connectivity index (χ1v) is 13.8. The molecule has 0 spiro atoms. The molecule has 2 saturated carbocycles. The van der Waals surface area contributed by atoms with Gasteiger partial charge in [0.1, 0.15) is 5.82 Å². The molecule has 2 aromatic heterocycles. The van der Waals surface area contributed by atoms with Crippen LogP contribution in [-0.2, 0) is 0 Å². The summed E-state index contributed by atoms with van der Waals surface area (Å²) in [7, 11) is 0. The number of nitrogens with zero attached hydrogens (tertiary/aromatic N) is 4. The highest BCUT2D eigenvalue weighted by Crippen LogP contribution is 2.35. The summed E-state index contributed by atoms with van der Waals surface area (Å²) >= 11 is 0. The Kier molecular flexibility index (Phi) is 7.83. The Bertz CT molecular complexity index is 955. The van der Waals surface area contributed by atoms with Crippen LogP contribution in [0.25, 0.3) is 0 Å². The molecule has 7 nitrogen and oxygen atoms in total. The Hall–Kier alpha value is -2.25. The Balaban J connectivity index is 1.31. The van der Waals surface area contributed by atoms with Crippen LogP contribution in [-0.4, -0.2) is 56.7 Å². The molecule has 0 amide bonds. The molecular formula is C28H42N6O. The number of piperidine rings is 1. The molecule has 0 unspecified atom stereocenters. The first kappa shape index (κ1) is 24.4. The summed E-state index contributed by atoms with van der Waals surface area (Å²) in [5.74, 6) is 3.00. The lowest BCUT2D eigenvalue weighted by Gasteiger charge is -2.34. The molecule has 5 rings (SSSR count). The van der Waals surface area contributed by atoms with Gasteiger partial charge >= 0.3 is 0 Å². The van der Waals surface area contributed by atoms with E-state index >= 15 is 0 Å². The number of hydrogen-bond acceptors (Lipinski definition) is 7. The van der Waals surface area contributed by atoms with E-state index in [9.17, 15) is 5.11 Å². The summed E-state index contributed by atoms with van der Waals surface area (Å²) in [5.41, 5.74) is 4.18. The van der Waals surface area contributed by atoms with Crippen molar-refractivity contribution in [3.05, 3.63) is 35.3 Å². The van der Waals surface area contributed by atoms with Gasteiger partial charge in [-0.25, -0.2) is 4.98 Å². The zero-order chi connectivity index (χ0) is 24.2. The predicted octanol–water partition coefficient (Wildman–Crippen LogP) is 5.32. The quantitative estimate of drug-likeness (QED) is 0.497. The maximum atomic E-state index is 9.96. The van der Waals surface area contributed by atoms with Gasteiger partial charge < -0.3 is 20.6 Å². The number of rotatable bonds is 7. The SMILES string of the molecule is Cc1cc(Nc2ncc(C3CCN(CC4CCCC4)CC3)c(NC3CCC(O)CC3)n2)cc(C)n1. The van der Waals surface area contributed by atoms with E-state index in [1.807, 2.05) is 32.2 Å². The molecule has 1 aliphatic heterocycles. The summed E-state index contributed by atoms with van der Waals surface area (Å²) in [6.45, 7) is 7.64. The van der Waals surface area contributed by atoms with E-state index in [0.717, 1.165) is 54.5 Å². The monoisotopic (exact) mass is 478 g/mol. The normalized spacial score (nSPS) is 24.5. The second-order valence-corrected chi connectivity index (χ2v) is 11.1. The van der Waals surface area contributed by atoms with Crippen molar-refractivity contribution >= 4 is 17.5 Å². The van der Waals surface area contributed by atoms with Crippen molar-refractivity contribution in [3.8, 4) is 0 Å². The van der Waals surface area contributed by atoms with Crippen molar-refractivity contribution in [2.75, 3.05) is 30.3 Å². The van der Waals surface area contributed by atoms with Crippen LogP contribution >= 0.6 is 0 Å². The zero-order valence-corrected chi connectivity index (χ0v) is 21.5. The van der Waals surface area contributed by atoms with Gasteiger partial charge in [-0.1, -0.05) is 12.8 Å². The van der Waals surface area contributed by atoms with Gasteiger partial charge in [0.15, 0.2) is 0 Å². The van der Waals surface area contributed by atoms with Crippen molar-refractivity contribution in [2.45, 2.75) is 96.1 Å². The van der Waals surface area contributed by atoms with Crippen LogP contribution in [0.1, 0.15) is 87.1 Å². The molecule has 1 saturated heterocycles. The average Bonchev–Trinajstić information content (AvgIpc) is 3.34. The topological polar surface area (TPSA) is 86.2 Å². The van der Waals surface area contributed by atoms with Crippen molar-refractivity contribution in [3.63, 3.8) is 0 Å². The van der Waals surface area contributed by atoms with E-state index in [1.165, 1.54) is 63.7 Å². The standard InChI is InChI=1S/C28H42N6O/c1-19-15-24(16-20(2)30-19)32-28-29-17-26(27(33-28)31-23-7-9-25(35)10-8-23)22-11-13-34(14-12-22)18-21-5-3-4-6-21/h15-17,21-23,25,35H,3-14,18H2,1-2H3,(H2,29,30,31,32,33). The molecule has 2 aliphatic carbocycles.